The fourth-order valence-electron chi connectivity index (χ4n) is 1.87. The Hall–Kier alpha value is -1.66. The number of aliphatic hydroxyl groups is 1. The lowest BCUT2D eigenvalue weighted by atomic mass is 10.0. The number of anilines is 1. The molecule has 1 aromatic rings. The summed E-state index contributed by atoms with van der Waals surface area (Å²) < 4.78 is 12.9. The van der Waals surface area contributed by atoms with Crippen LogP contribution in [-0.2, 0) is 0 Å². The molecule has 1 fully saturated rings. The Morgan fingerprint density at radius 2 is 2.39 bits per heavy atom. The molecule has 2 amide bonds. The van der Waals surface area contributed by atoms with Crippen LogP contribution >= 0.6 is 0 Å². The second-order valence-corrected chi connectivity index (χ2v) is 4.47. The molecule has 0 saturated carbocycles. The lowest BCUT2D eigenvalue weighted by Crippen LogP contribution is -2.45. The number of carbonyl (C=O) groups excluding carboxylic acids is 1. The number of rotatable bonds is 3. The molecule has 5 nitrogen and oxygen atoms in total. The molecule has 0 radical (unpaired) electrons. The van der Waals surface area contributed by atoms with Crippen LogP contribution in [0, 0.1) is 5.82 Å². The second kappa shape index (κ2) is 5.32. The van der Waals surface area contributed by atoms with Gasteiger partial charge in [0.2, 0.25) is 0 Å². The lowest BCUT2D eigenvalue weighted by molar-refractivity contribution is 0.0640. The quantitative estimate of drug-likeness (QED) is 0.640. The van der Waals surface area contributed by atoms with Crippen molar-refractivity contribution in [2.24, 2.45) is 0 Å². The average molecular weight is 253 g/mol. The van der Waals surface area contributed by atoms with E-state index in [0.29, 0.717) is 18.7 Å². The predicted octanol–water partition coefficient (Wildman–Crippen LogP) is 0.672. The summed E-state index contributed by atoms with van der Waals surface area (Å²) in [6, 6.07) is 5.18. The maximum Gasteiger partial charge on any atom is 0.319 e. The van der Waals surface area contributed by atoms with Gasteiger partial charge < -0.3 is 21.1 Å². The number of benzene rings is 1. The first-order valence-electron chi connectivity index (χ1n) is 5.81. The molecule has 1 aliphatic rings. The molecule has 1 aliphatic heterocycles. The van der Waals surface area contributed by atoms with E-state index < -0.39 is 17.4 Å². The van der Waals surface area contributed by atoms with Crippen molar-refractivity contribution in [1.29, 1.82) is 0 Å². The highest BCUT2D eigenvalue weighted by Crippen LogP contribution is 2.13. The summed E-state index contributed by atoms with van der Waals surface area (Å²) >= 11 is 0. The molecule has 98 valence electrons. The summed E-state index contributed by atoms with van der Waals surface area (Å²) in [7, 11) is 0. The molecule has 0 aliphatic carbocycles. The van der Waals surface area contributed by atoms with E-state index in [-0.39, 0.29) is 6.54 Å². The largest absolute Gasteiger partial charge is 0.387 e. The van der Waals surface area contributed by atoms with Crippen LogP contribution in [0.5, 0.6) is 0 Å². The van der Waals surface area contributed by atoms with Crippen molar-refractivity contribution < 1.29 is 14.3 Å². The molecule has 18 heavy (non-hydrogen) atoms. The minimum Gasteiger partial charge on any atom is -0.387 e. The van der Waals surface area contributed by atoms with Crippen LogP contribution < -0.4 is 16.0 Å². The van der Waals surface area contributed by atoms with Crippen molar-refractivity contribution in [2.75, 3.05) is 25.0 Å². The molecule has 4 N–H and O–H groups in total. The number of urea groups is 1. The predicted molar refractivity (Wildman–Crippen MR) is 65.9 cm³/mol. The third-order valence-electron chi connectivity index (χ3n) is 2.88. The van der Waals surface area contributed by atoms with Crippen LogP contribution in [0.4, 0.5) is 14.9 Å². The number of amides is 2. The number of nitrogens with one attached hydrogen (secondary N) is 3. The van der Waals surface area contributed by atoms with Gasteiger partial charge in [-0.25, -0.2) is 9.18 Å². The molecule has 0 aromatic heterocycles. The Balaban J connectivity index is 1.82. The van der Waals surface area contributed by atoms with Gasteiger partial charge in [-0.15, -0.1) is 0 Å². The van der Waals surface area contributed by atoms with Gasteiger partial charge in [0.05, 0.1) is 5.60 Å². The van der Waals surface area contributed by atoms with Gasteiger partial charge in [-0.3, -0.25) is 0 Å². The first kappa shape index (κ1) is 12.8. The molecule has 1 unspecified atom stereocenters. The van der Waals surface area contributed by atoms with Gasteiger partial charge in [-0.05, 0) is 31.2 Å². The molecule has 1 atom stereocenters. The topological polar surface area (TPSA) is 73.4 Å². The van der Waals surface area contributed by atoms with Gasteiger partial charge in [-0.2, -0.15) is 0 Å². The lowest BCUT2D eigenvalue weighted by Gasteiger charge is -2.21. The standard InChI is InChI=1S/C12H16FN3O2/c13-9-2-1-3-10(6-9)16-11(17)15-8-12(18)4-5-14-7-12/h1-3,6,14,18H,4-5,7-8H2,(H2,15,16,17). The van der Waals surface area contributed by atoms with Gasteiger partial charge in [0.25, 0.3) is 0 Å². The number of halogens is 1. The van der Waals surface area contributed by atoms with Crippen LogP contribution in [-0.4, -0.2) is 36.4 Å². The molecule has 6 heteroatoms. The highest BCUT2D eigenvalue weighted by Gasteiger charge is 2.31. The first-order chi connectivity index (χ1) is 8.57. The minimum absolute atomic E-state index is 0.168. The SMILES string of the molecule is O=C(NCC1(O)CCNC1)Nc1cccc(F)c1. The zero-order valence-corrected chi connectivity index (χ0v) is 9.87. The van der Waals surface area contributed by atoms with Crippen LogP contribution in [0.1, 0.15) is 6.42 Å². The smallest absolute Gasteiger partial charge is 0.319 e. The Labute approximate surface area is 104 Å². The van der Waals surface area contributed by atoms with Gasteiger partial charge >= 0.3 is 6.03 Å². The summed E-state index contributed by atoms with van der Waals surface area (Å²) in [5.41, 5.74) is -0.511. The third kappa shape index (κ3) is 3.41. The zero-order valence-electron chi connectivity index (χ0n) is 9.87. The minimum atomic E-state index is -0.890. The van der Waals surface area contributed by atoms with Crippen LogP contribution in [0.3, 0.4) is 0 Å². The van der Waals surface area contributed by atoms with Crippen molar-refractivity contribution in [3.8, 4) is 0 Å². The van der Waals surface area contributed by atoms with Gasteiger partial charge in [0, 0.05) is 18.8 Å². The summed E-state index contributed by atoms with van der Waals surface area (Å²) in [6.45, 7) is 1.37. The van der Waals surface area contributed by atoms with E-state index >= 15 is 0 Å². The fourth-order valence-corrected chi connectivity index (χ4v) is 1.87. The van der Waals surface area contributed by atoms with Crippen LogP contribution in [0.25, 0.3) is 0 Å². The van der Waals surface area contributed by atoms with Crippen molar-refractivity contribution in [1.82, 2.24) is 10.6 Å². The Bertz CT molecular complexity index is 433. The van der Waals surface area contributed by atoms with E-state index in [4.69, 9.17) is 0 Å². The second-order valence-electron chi connectivity index (χ2n) is 4.47. The number of hydrogen-bond donors (Lipinski definition) is 4. The van der Waals surface area contributed by atoms with Gasteiger partial charge in [0.15, 0.2) is 0 Å². The number of β-amino-alcohol motifs (C(OH)–C–C–N with tert-alkyl or cyclic N) is 1. The zero-order chi connectivity index (χ0) is 13.0. The van der Waals surface area contributed by atoms with Gasteiger partial charge in [0.1, 0.15) is 5.82 Å². The van der Waals surface area contributed by atoms with Crippen LogP contribution in [0.2, 0.25) is 0 Å². The summed E-state index contributed by atoms with van der Waals surface area (Å²) in [5.74, 6) is -0.411. The highest BCUT2D eigenvalue weighted by molar-refractivity contribution is 5.89. The van der Waals surface area contributed by atoms with Crippen molar-refractivity contribution in [3.05, 3.63) is 30.1 Å². The third-order valence-corrected chi connectivity index (χ3v) is 2.88. The van der Waals surface area contributed by atoms with Crippen molar-refractivity contribution >= 4 is 11.7 Å². The maximum absolute atomic E-state index is 12.9. The van der Waals surface area contributed by atoms with E-state index in [9.17, 15) is 14.3 Å². The maximum atomic E-state index is 12.9. The molecular formula is C12H16FN3O2. The average Bonchev–Trinajstić information content (AvgIpc) is 2.74. The van der Waals surface area contributed by atoms with Crippen molar-refractivity contribution in [3.63, 3.8) is 0 Å². The highest BCUT2D eigenvalue weighted by atomic mass is 19.1. The number of carbonyl (C=O) groups is 1. The van der Waals surface area contributed by atoms with Gasteiger partial charge in [-0.1, -0.05) is 6.07 Å². The molecule has 1 heterocycles. The number of hydrogen-bond acceptors (Lipinski definition) is 3. The fraction of sp³-hybridized carbons (Fsp3) is 0.417. The summed E-state index contributed by atoms with van der Waals surface area (Å²) in [5, 5.41) is 18.1. The van der Waals surface area contributed by atoms with E-state index in [1.165, 1.54) is 18.2 Å². The molecule has 2 rings (SSSR count). The monoisotopic (exact) mass is 253 g/mol. The molecule has 0 bridgehead atoms. The molecular weight excluding hydrogens is 237 g/mol. The molecule has 1 aromatic carbocycles. The Morgan fingerprint density at radius 3 is 3.06 bits per heavy atom. The molecule has 0 spiro atoms. The first-order valence-corrected chi connectivity index (χ1v) is 5.81. The van der Waals surface area contributed by atoms with Crippen molar-refractivity contribution in [2.45, 2.75) is 12.0 Å². The molecule has 1 saturated heterocycles. The van der Waals surface area contributed by atoms with E-state index in [0.717, 1.165) is 6.54 Å². The van der Waals surface area contributed by atoms with E-state index in [1.807, 2.05) is 0 Å². The van der Waals surface area contributed by atoms with E-state index in [2.05, 4.69) is 16.0 Å². The summed E-state index contributed by atoms with van der Waals surface area (Å²) in [6.07, 6.45) is 0.604. The summed E-state index contributed by atoms with van der Waals surface area (Å²) in [4.78, 5) is 11.5. The Morgan fingerprint density at radius 1 is 1.56 bits per heavy atom. The van der Waals surface area contributed by atoms with Crippen LogP contribution in [0.15, 0.2) is 24.3 Å². The Kier molecular flexibility index (Phi) is 3.78. The normalized spacial score (nSPS) is 22.8. The van der Waals surface area contributed by atoms with E-state index in [1.54, 1.807) is 6.07 Å².